The predicted molar refractivity (Wildman–Crippen MR) is 133 cm³/mol. The van der Waals surface area contributed by atoms with Crippen LogP contribution in [0.1, 0.15) is 5.56 Å². The Balaban J connectivity index is 1.33. The lowest BCUT2D eigenvalue weighted by Crippen LogP contribution is -2.21. The van der Waals surface area contributed by atoms with E-state index in [2.05, 4.69) is 22.4 Å². The summed E-state index contributed by atoms with van der Waals surface area (Å²) >= 11 is 1.27. The number of benzene rings is 3. The fraction of sp³-hybridized carbons (Fsp3) is 0.0370. The van der Waals surface area contributed by atoms with E-state index >= 15 is 0 Å². The molecule has 0 saturated heterocycles. The van der Waals surface area contributed by atoms with Gasteiger partial charge >= 0.3 is 5.97 Å². The van der Waals surface area contributed by atoms with E-state index in [0.717, 1.165) is 22.4 Å². The number of rotatable bonds is 7. The number of carbonyl (C=O) groups excluding carboxylic acids is 2. The summed E-state index contributed by atoms with van der Waals surface area (Å²) in [5, 5.41) is 14.1. The van der Waals surface area contributed by atoms with Crippen molar-refractivity contribution < 1.29 is 14.3 Å². The molecule has 0 unspecified atom stereocenters. The van der Waals surface area contributed by atoms with Crippen LogP contribution in [-0.2, 0) is 14.3 Å². The molecule has 3 aromatic carbocycles. The summed E-state index contributed by atoms with van der Waals surface area (Å²) in [6, 6.07) is 28.8. The minimum Gasteiger partial charge on any atom is -0.451 e. The second kappa shape index (κ2) is 10.9. The number of nitrogens with zero attached hydrogens (tertiary/aromatic N) is 2. The summed E-state index contributed by atoms with van der Waals surface area (Å²) in [5.41, 5.74) is 4.39. The van der Waals surface area contributed by atoms with Crippen molar-refractivity contribution in [2.75, 3.05) is 11.9 Å². The summed E-state index contributed by atoms with van der Waals surface area (Å²) in [5.74, 6) is -1.40. The normalized spacial score (nSPS) is 10.9. The summed E-state index contributed by atoms with van der Waals surface area (Å²) in [7, 11) is 0. The Morgan fingerprint density at radius 3 is 2.21 bits per heavy atom. The number of anilines is 1. The monoisotopic (exact) mass is 465 g/mol. The molecular formula is C27H19N3O3S. The lowest BCUT2D eigenvalue weighted by Gasteiger charge is -2.04. The number of aromatic nitrogens is 1. The van der Waals surface area contributed by atoms with E-state index in [1.165, 1.54) is 17.4 Å². The van der Waals surface area contributed by atoms with E-state index in [9.17, 15) is 14.9 Å². The highest BCUT2D eigenvalue weighted by Gasteiger charge is 2.14. The van der Waals surface area contributed by atoms with E-state index < -0.39 is 18.5 Å². The first-order chi connectivity index (χ1) is 16.6. The molecule has 4 rings (SSSR count). The lowest BCUT2D eigenvalue weighted by molar-refractivity contribution is -0.142. The summed E-state index contributed by atoms with van der Waals surface area (Å²) in [4.78, 5) is 28.8. The molecule has 0 fully saturated rings. The molecule has 34 heavy (non-hydrogen) atoms. The molecule has 0 spiro atoms. The van der Waals surface area contributed by atoms with Crippen LogP contribution in [0.25, 0.3) is 28.5 Å². The van der Waals surface area contributed by atoms with Gasteiger partial charge in [0, 0.05) is 10.9 Å². The fourth-order valence-corrected chi connectivity index (χ4v) is 3.88. The van der Waals surface area contributed by atoms with Crippen molar-refractivity contribution in [3.8, 4) is 28.5 Å². The Labute approximate surface area is 200 Å². The zero-order chi connectivity index (χ0) is 23.8. The third-order valence-electron chi connectivity index (χ3n) is 4.82. The van der Waals surface area contributed by atoms with Gasteiger partial charge in [0.2, 0.25) is 0 Å². The van der Waals surface area contributed by atoms with Gasteiger partial charge in [-0.3, -0.25) is 10.1 Å². The van der Waals surface area contributed by atoms with Gasteiger partial charge in [0.1, 0.15) is 11.6 Å². The number of hydrogen-bond acceptors (Lipinski definition) is 6. The average Bonchev–Trinajstić information content (AvgIpc) is 3.35. The third kappa shape index (κ3) is 5.82. The summed E-state index contributed by atoms with van der Waals surface area (Å²) in [6.45, 7) is -0.521. The number of carbonyl (C=O) groups is 2. The fourth-order valence-electron chi connectivity index (χ4n) is 3.14. The predicted octanol–water partition coefficient (Wildman–Crippen LogP) is 5.57. The molecule has 1 aromatic heterocycles. The van der Waals surface area contributed by atoms with Crippen LogP contribution in [0.15, 0.2) is 95.9 Å². The second-order valence-electron chi connectivity index (χ2n) is 7.19. The van der Waals surface area contributed by atoms with Crippen LogP contribution < -0.4 is 5.32 Å². The standard InChI is InChI=1S/C27H19N3O3S/c28-16-23(15-19-7-3-1-4-8-19)26(32)33-17-25(31)30-27-29-24(18-34-27)22-13-11-21(12-14-22)20-9-5-2-6-10-20/h1-15,18H,17H2,(H,29,30,31). The number of ether oxygens (including phenoxy) is 1. The van der Waals surface area contributed by atoms with E-state index in [4.69, 9.17) is 4.74 Å². The molecule has 0 saturated carbocycles. The minimum atomic E-state index is -0.861. The Bertz CT molecular complexity index is 1360. The SMILES string of the molecule is N#CC(=Cc1ccccc1)C(=O)OCC(=O)Nc1nc(-c2ccc(-c3ccccc3)cc2)cs1. The van der Waals surface area contributed by atoms with Crippen LogP contribution in [0.4, 0.5) is 5.13 Å². The molecule has 166 valence electrons. The van der Waals surface area contributed by atoms with Crippen LogP contribution in [0.2, 0.25) is 0 Å². The van der Waals surface area contributed by atoms with Gasteiger partial charge in [-0.1, -0.05) is 84.9 Å². The summed E-state index contributed by atoms with van der Waals surface area (Å²) < 4.78 is 4.98. The van der Waals surface area contributed by atoms with Crippen LogP contribution >= 0.6 is 11.3 Å². The molecule has 1 amide bonds. The first-order valence-corrected chi connectivity index (χ1v) is 11.3. The number of esters is 1. The maximum absolute atomic E-state index is 12.2. The molecule has 6 nitrogen and oxygen atoms in total. The Morgan fingerprint density at radius 2 is 1.53 bits per heavy atom. The van der Waals surface area contributed by atoms with Crippen molar-refractivity contribution >= 4 is 34.4 Å². The van der Waals surface area contributed by atoms with Gasteiger partial charge in [-0.15, -0.1) is 11.3 Å². The highest BCUT2D eigenvalue weighted by Crippen LogP contribution is 2.27. The zero-order valence-electron chi connectivity index (χ0n) is 18.0. The van der Waals surface area contributed by atoms with Crippen molar-refractivity contribution in [3.63, 3.8) is 0 Å². The first kappa shape index (κ1) is 22.6. The largest absolute Gasteiger partial charge is 0.451 e. The number of nitrogens with one attached hydrogen (secondary N) is 1. The van der Waals surface area contributed by atoms with Gasteiger partial charge in [0.25, 0.3) is 5.91 Å². The van der Waals surface area contributed by atoms with Gasteiger partial charge in [-0.2, -0.15) is 5.26 Å². The number of nitriles is 1. The van der Waals surface area contributed by atoms with Crippen LogP contribution in [-0.4, -0.2) is 23.5 Å². The number of hydrogen-bond donors (Lipinski definition) is 1. The molecule has 4 aromatic rings. The molecule has 0 radical (unpaired) electrons. The maximum atomic E-state index is 12.2. The Hall–Kier alpha value is -4.54. The highest BCUT2D eigenvalue weighted by molar-refractivity contribution is 7.14. The summed E-state index contributed by atoms with van der Waals surface area (Å²) in [6.07, 6.45) is 1.41. The molecule has 0 atom stereocenters. The van der Waals surface area contributed by atoms with Crippen molar-refractivity contribution in [1.29, 1.82) is 5.26 Å². The molecule has 0 aliphatic carbocycles. The van der Waals surface area contributed by atoms with Gasteiger partial charge < -0.3 is 4.74 Å². The highest BCUT2D eigenvalue weighted by atomic mass is 32.1. The quantitative estimate of drug-likeness (QED) is 0.219. The molecule has 1 N–H and O–H groups in total. The Morgan fingerprint density at radius 1 is 0.912 bits per heavy atom. The van der Waals surface area contributed by atoms with E-state index in [1.54, 1.807) is 30.3 Å². The number of thiazole rings is 1. The molecular weight excluding hydrogens is 446 g/mol. The molecule has 0 bridgehead atoms. The van der Waals surface area contributed by atoms with Gasteiger partial charge in [0.05, 0.1) is 5.69 Å². The molecule has 1 heterocycles. The first-order valence-electron chi connectivity index (χ1n) is 10.4. The van der Waals surface area contributed by atoms with Crippen molar-refractivity contribution in [2.45, 2.75) is 0 Å². The second-order valence-corrected chi connectivity index (χ2v) is 8.04. The van der Waals surface area contributed by atoms with Crippen molar-refractivity contribution in [2.24, 2.45) is 0 Å². The smallest absolute Gasteiger partial charge is 0.349 e. The van der Waals surface area contributed by atoms with Gasteiger partial charge in [-0.25, -0.2) is 9.78 Å². The molecule has 7 heteroatoms. The van der Waals surface area contributed by atoms with Gasteiger partial charge in [-0.05, 0) is 22.8 Å². The van der Waals surface area contributed by atoms with Crippen LogP contribution in [0, 0.1) is 11.3 Å². The van der Waals surface area contributed by atoms with Crippen LogP contribution in [0.5, 0.6) is 0 Å². The van der Waals surface area contributed by atoms with E-state index in [0.29, 0.717) is 10.7 Å². The number of amides is 1. The Kier molecular flexibility index (Phi) is 7.23. The lowest BCUT2D eigenvalue weighted by atomic mass is 10.0. The molecule has 0 aliphatic heterocycles. The maximum Gasteiger partial charge on any atom is 0.349 e. The van der Waals surface area contributed by atoms with E-state index in [-0.39, 0.29) is 5.57 Å². The van der Waals surface area contributed by atoms with Gasteiger partial charge in [0.15, 0.2) is 11.7 Å². The average molecular weight is 466 g/mol. The van der Waals surface area contributed by atoms with Crippen molar-refractivity contribution in [3.05, 3.63) is 101 Å². The van der Waals surface area contributed by atoms with Crippen LogP contribution in [0.3, 0.4) is 0 Å². The van der Waals surface area contributed by atoms with E-state index in [1.807, 2.05) is 53.9 Å². The van der Waals surface area contributed by atoms with Crippen molar-refractivity contribution in [1.82, 2.24) is 4.98 Å². The molecule has 0 aliphatic rings. The topological polar surface area (TPSA) is 92.1 Å². The minimum absolute atomic E-state index is 0.186. The zero-order valence-corrected chi connectivity index (χ0v) is 18.8. The third-order valence-corrected chi connectivity index (χ3v) is 5.58.